The highest BCUT2D eigenvalue weighted by Crippen LogP contribution is 2.25. The molecule has 20 heavy (non-hydrogen) atoms. The Kier molecular flexibility index (Phi) is 5.85. The SMILES string of the molecule is CCOC(=O)c1cc(N)cnc1NCC1CSCCS1. The van der Waals surface area contributed by atoms with Crippen LogP contribution in [0.15, 0.2) is 12.3 Å². The first-order chi connectivity index (χ1) is 9.70. The fraction of sp³-hybridized carbons (Fsp3) is 0.538. The van der Waals surface area contributed by atoms with Crippen LogP contribution in [-0.4, -0.2) is 46.6 Å². The second kappa shape index (κ2) is 7.64. The Balaban J connectivity index is 2.03. The Morgan fingerprint density at radius 1 is 1.60 bits per heavy atom. The van der Waals surface area contributed by atoms with E-state index in [1.807, 2.05) is 23.5 Å². The third-order valence-electron chi connectivity index (χ3n) is 2.79. The Morgan fingerprint density at radius 3 is 3.15 bits per heavy atom. The maximum absolute atomic E-state index is 11.9. The van der Waals surface area contributed by atoms with Crippen LogP contribution >= 0.6 is 23.5 Å². The minimum Gasteiger partial charge on any atom is -0.462 e. The lowest BCUT2D eigenvalue weighted by Crippen LogP contribution is -2.24. The van der Waals surface area contributed by atoms with Gasteiger partial charge in [-0.25, -0.2) is 9.78 Å². The number of ether oxygens (including phenoxy) is 1. The molecule has 3 N–H and O–H groups in total. The number of pyridine rings is 1. The van der Waals surface area contributed by atoms with E-state index in [1.165, 1.54) is 11.5 Å². The van der Waals surface area contributed by atoms with Gasteiger partial charge in [0.05, 0.1) is 18.5 Å². The van der Waals surface area contributed by atoms with Crippen LogP contribution in [0, 0.1) is 0 Å². The van der Waals surface area contributed by atoms with Crippen molar-refractivity contribution in [3.05, 3.63) is 17.8 Å². The summed E-state index contributed by atoms with van der Waals surface area (Å²) >= 11 is 3.92. The Hall–Kier alpha value is -1.08. The molecular weight excluding hydrogens is 294 g/mol. The smallest absolute Gasteiger partial charge is 0.341 e. The van der Waals surface area contributed by atoms with E-state index < -0.39 is 0 Å². The molecule has 0 bridgehead atoms. The van der Waals surface area contributed by atoms with E-state index in [9.17, 15) is 4.79 Å². The summed E-state index contributed by atoms with van der Waals surface area (Å²) in [7, 11) is 0. The highest BCUT2D eigenvalue weighted by atomic mass is 32.2. The molecule has 1 saturated heterocycles. The molecule has 7 heteroatoms. The number of rotatable bonds is 5. The van der Waals surface area contributed by atoms with E-state index in [-0.39, 0.29) is 5.97 Å². The number of nitrogens with one attached hydrogen (secondary N) is 1. The van der Waals surface area contributed by atoms with E-state index in [2.05, 4.69) is 10.3 Å². The fourth-order valence-electron chi connectivity index (χ4n) is 1.85. The third-order valence-corrected chi connectivity index (χ3v) is 5.63. The molecule has 0 aliphatic carbocycles. The monoisotopic (exact) mass is 313 g/mol. The Morgan fingerprint density at radius 2 is 2.45 bits per heavy atom. The maximum atomic E-state index is 11.9. The largest absolute Gasteiger partial charge is 0.462 e. The summed E-state index contributed by atoms with van der Waals surface area (Å²) in [6.07, 6.45) is 1.55. The number of hydrogen-bond donors (Lipinski definition) is 2. The van der Waals surface area contributed by atoms with Gasteiger partial charge in [-0.1, -0.05) is 0 Å². The van der Waals surface area contributed by atoms with Crippen LogP contribution < -0.4 is 11.1 Å². The van der Waals surface area contributed by atoms with Gasteiger partial charge >= 0.3 is 5.97 Å². The number of nitrogens with two attached hydrogens (primary N) is 1. The van der Waals surface area contributed by atoms with Crippen molar-refractivity contribution in [1.29, 1.82) is 0 Å². The molecule has 0 amide bonds. The summed E-state index contributed by atoms with van der Waals surface area (Å²) in [6.45, 7) is 2.91. The average molecular weight is 313 g/mol. The molecule has 2 rings (SSSR count). The second-order valence-corrected chi connectivity index (χ2v) is 6.89. The van der Waals surface area contributed by atoms with Crippen molar-refractivity contribution >= 4 is 41.0 Å². The van der Waals surface area contributed by atoms with E-state index in [0.29, 0.717) is 28.9 Å². The standard InChI is InChI=1S/C13H19N3O2S2/c1-2-18-13(17)11-5-9(14)6-15-12(11)16-7-10-8-19-3-4-20-10/h5-6,10H,2-4,7-8,14H2,1H3,(H,15,16). The average Bonchev–Trinajstić information content (AvgIpc) is 2.47. The van der Waals surface area contributed by atoms with Gasteiger partial charge in [-0.05, 0) is 13.0 Å². The van der Waals surface area contributed by atoms with E-state index in [1.54, 1.807) is 19.2 Å². The number of esters is 1. The van der Waals surface area contributed by atoms with E-state index in [4.69, 9.17) is 10.5 Å². The first-order valence-electron chi connectivity index (χ1n) is 6.56. The molecule has 2 heterocycles. The predicted molar refractivity (Wildman–Crippen MR) is 86.7 cm³/mol. The molecule has 0 radical (unpaired) electrons. The lowest BCUT2D eigenvalue weighted by atomic mass is 10.2. The zero-order chi connectivity index (χ0) is 14.4. The molecule has 0 aromatic carbocycles. The molecule has 0 spiro atoms. The summed E-state index contributed by atoms with van der Waals surface area (Å²) in [4.78, 5) is 16.1. The number of thioether (sulfide) groups is 2. The van der Waals surface area contributed by atoms with Gasteiger partial charge in [-0.3, -0.25) is 0 Å². The van der Waals surface area contributed by atoms with E-state index in [0.717, 1.165) is 12.3 Å². The Labute approximate surface area is 127 Å². The molecule has 1 unspecified atom stereocenters. The number of hydrogen-bond acceptors (Lipinski definition) is 7. The van der Waals surface area contributed by atoms with Crippen LogP contribution in [0.1, 0.15) is 17.3 Å². The van der Waals surface area contributed by atoms with Gasteiger partial charge in [-0.2, -0.15) is 23.5 Å². The van der Waals surface area contributed by atoms with Gasteiger partial charge < -0.3 is 15.8 Å². The van der Waals surface area contributed by atoms with Crippen LogP contribution in [0.2, 0.25) is 0 Å². The van der Waals surface area contributed by atoms with Crippen LogP contribution in [-0.2, 0) is 4.74 Å². The van der Waals surface area contributed by atoms with Gasteiger partial charge in [0.25, 0.3) is 0 Å². The van der Waals surface area contributed by atoms with Crippen molar-refractivity contribution in [2.75, 3.05) is 41.5 Å². The topological polar surface area (TPSA) is 77.2 Å². The zero-order valence-electron chi connectivity index (χ0n) is 11.4. The normalized spacial score (nSPS) is 18.6. The molecule has 0 saturated carbocycles. The molecule has 5 nitrogen and oxygen atoms in total. The van der Waals surface area contributed by atoms with Crippen molar-refractivity contribution < 1.29 is 9.53 Å². The molecule has 110 valence electrons. The van der Waals surface area contributed by atoms with E-state index >= 15 is 0 Å². The molecule has 1 atom stereocenters. The second-order valence-electron chi connectivity index (χ2n) is 4.33. The van der Waals surface area contributed by atoms with Crippen molar-refractivity contribution in [3.8, 4) is 0 Å². The lowest BCUT2D eigenvalue weighted by molar-refractivity contribution is 0.0527. The maximum Gasteiger partial charge on any atom is 0.341 e. The molecule has 1 aromatic rings. The number of aromatic nitrogens is 1. The fourth-order valence-corrected chi connectivity index (χ4v) is 4.46. The molecule has 1 fully saturated rings. The van der Waals surface area contributed by atoms with Crippen LogP contribution in [0.25, 0.3) is 0 Å². The molecular formula is C13H19N3O2S2. The van der Waals surface area contributed by atoms with Crippen molar-refractivity contribution in [3.63, 3.8) is 0 Å². The van der Waals surface area contributed by atoms with Crippen LogP contribution in [0.4, 0.5) is 11.5 Å². The minimum absolute atomic E-state index is 0.336. The number of nitrogen functional groups attached to an aromatic ring is 1. The quantitative estimate of drug-likeness (QED) is 0.806. The predicted octanol–water partition coefficient (Wildman–Crippen LogP) is 2.10. The summed E-state index contributed by atoms with van der Waals surface area (Å²) in [5.41, 5.74) is 6.56. The number of nitrogens with zero attached hydrogens (tertiary/aromatic N) is 1. The molecule has 1 aromatic heterocycles. The van der Waals surface area contributed by atoms with Crippen LogP contribution in [0.3, 0.4) is 0 Å². The van der Waals surface area contributed by atoms with Gasteiger partial charge in [0.15, 0.2) is 0 Å². The minimum atomic E-state index is -0.388. The summed E-state index contributed by atoms with van der Waals surface area (Å²) in [5, 5.41) is 3.79. The molecule has 1 aliphatic rings. The summed E-state index contributed by atoms with van der Waals surface area (Å²) < 4.78 is 5.03. The lowest BCUT2D eigenvalue weighted by Gasteiger charge is -2.22. The van der Waals surface area contributed by atoms with Gasteiger partial charge in [0.1, 0.15) is 11.4 Å². The first-order valence-corrected chi connectivity index (χ1v) is 8.77. The molecule has 1 aliphatic heterocycles. The first kappa shape index (κ1) is 15.3. The van der Waals surface area contributed by atoms with Crippen molar-refractivity contribution in [2.45, 2.75) is 12.2 Å². The highest BCUT2D eigenvalue weighted by molar-refractivity contribution is 8.06. The van der Waals surface area contributed by atoms with Gasteiger partial charge in [0.2, 0.25) is 0 Å². The van der Waals surface area contributed by atoms with Crippen LogP contribution in [0.5, 0.6) is 0 Å². The Bertz CT molecular complexity index is 465. The van der Waals surface area contributed by atoms with Crippen molar-refractivity contribution in [2.24, 2.45) is 0 Å². The number of carbonyl (C=O) groups excluding carboxylic acids is 1. The summed E-state index contributed by atoms with van der Waals surface area (Å²) in [6, 6.07) is 1.61. The highest BCUT2D eigenvalue weighted by Gasteiger charge is 2.18. The number of anilines is 2. The van der Waals surface area contributed by atoms with Gasteiger partial charge in [-0.15, -0.1) is 0 Å². The van der Waals surface area contributed by atoms with Crippen molar-refractivity contribution in [1.82, 2.24) is 4.98 Å². The zero-order valence-corrected chi connectivity index (χ0v) is 13.1. The van der Waals surface area contributed by atoms with Gasteiger partial charge in [0, 0.05) is 29.1 Å². The number of carbonyl (C=O) groups is 1. The third kappa shape index (κ3) is 4.21. The summed E-state index contributed by atoms with van der Waals surface area (Å²) in [5.74, 6) is 3.68.